The van der Waals surface area contributed by atoms with Crippen LogP contribution in [0.2, 0.25) is 0 Å². The van der Waals surface area contributed by atoms with Gasteiger partial charge < -0.3 is 4.90 Å². The second-order valence-electron chi connectivity index (χ2n) is 7.45. The molecule has 2 fully saturated rings. The van der Waals surface area contributed by atoms with E-state index in [-0.39, 0.29) is 11.5 Å². The molecule has 1 saturated carbocycles. The molecule has 0 aromatic heterocycles. The second kappa shape index (κ2) is 6.70. The van der Waals surface area contributed by atoms with E-state index in [2.05, 4.69) is 15.4 Å². The molecule has 7 nitrogen and oxygen atoms in total. The maximum absolute atomic E-state index is 13.2. The van der Waals surface area contributed by atoms with Gasteiger partial charge in [0, 0.05) is 35.2 Å². The first-order chi connectivity index (χ1) is 12.7. The van der Waals surface area contributed by atoms with Crippen LogP contribution in [0.1, 0.15) is 19.8 Å². The fourth-order valence-corrected chi connectivity index (χ4v) is 5.37. The van der Waals surface area contributed by atoms with Crippen LogP contribution in [0.25, 0.3) is 0 Å². The Hall–Kier alpha value is -1.20. The van der Waals surface area contributed by atoms with Crippen molar-refractivity contribution in [1.82, 2.24) is 14.7 Å². The van der Waals surface area contributed by atoms with Crippen molar-refractivity contribution in [2.75, 3.05) is 20.1 Å². The highest BCUT2D eigenvalue weighted by Gasteiger charge is 2.56. The number of hydrogen-bond acceptors (Lipinski definition) is 5. The van der Waals surface area contributed by atoms with Crippen molar-refractivity contribution in [2.24, 2.45) is 15.4 Å². The Bertz CT molecular complexity index is 814. The molecular weight excluding hydrogens is 400 g/mol. The first-order valence-electron chi connectivity index (χ1n) is 8.60. The van der Waals surface area contributed by atoms with E-state index >= 15 is 0 Å². The van der Waals surface area contributed by atoms with Gasteiger partial charge in [0.05, 0.1) is 0 Å². The average Bonchev–Trinajstić information content (AvgIpc) is 2.82. The van der Waals surface area contributed by atoms with Gasteiger partial charge in [-0.3, -0.25) is 9.55 Å². The van der Waals surface area contributed by atoms with E-state index in [1.54, 1.807) is 13.1 Å². The maximum Gasteiger partial charge on any atom is 0.297 e. The van der Waals surface area contributed by atoms with E-state index in [1.807, 2.05) is 11.8 Å². The monoisotopic (exact) mass is 419 g/mol. The molecule has 148 valence electrons. The molecule has 0 amide bonds. The van der Waals surface area contributed by atoms with Crippen molar-refractivity contribution >= 4 is 34.5 Å². The van der Waals surface area contributed by atoms with Gasteiger partial charge in [-0.05, 0) is 38.5 Å². The zero-order chi connectivity index (χ0) is 19.5. The van der Waals surface area contributed by atoms with Gasteiger partial charge in [-0.15, -0.1) is 4.41 Å². The Morgan fingerprint density at radius 1 is 1.48 bits per heavy atom. The van der Waals surface area contributed by atoms with Gasteiger partial charge in [-0.1, -0.05) is 11.6 Å². The van der Waals surface area contributed by atoms with E-state index in [4.69, 9.17) is 11.6 Å². The van der Waals surface area contributed by atoms with E-state index in [0.717, 1.165) is 24.0 Å². The number of nitrogens with one attached hydrogen (secondary N) is 1. The van der Waals surface area contributed by atoms with E-state index in [0.29, 0.717) is 24.0 Å². The summed E-state index contributed by atoms with van der Waals surface area (Å²) in [6, 6.07) is -0.615. The topological polar surface area (TPSA) is 80.5 Å². The van der Waals surface area contributed by atoms with Gasteiger partial charge in [-0.25, -0.2) is 23.4 Å². The largest absolute Gasteiger partial charge is 0.355 e. The molecule has 0 aromatic carbocycles. The molecule has 2 aliphatic heterocycles. The zero-order valence-corrected chi connectivity index (χ0v) is 16.4. The minimum atomic E-state index is -2.75. The highest BCUT2D eigenvalue weighted by atomic mass is 35.5. The summed E-state index contributed by atoms with van der Waals surface area (Å²) in [6.07, 6.45) is 0.532. The summed E-state index contributed by atoms with van der Waals surface area (Å²) in [5, 5.41) is 0.432. The zero-order valence-electron chi connectivity index (χ0n) is 14.8. The number of nitrogens with zero attached hydrogens (tertiary/aromatic N) is 4. The van der Waals surface area contributed by atoms with Gasteiger partial charge in [0.15, 0.2) is 5.84 Å². The van der Waals surface area contributed by atoms with Gasteiger partial charge in [-0.2, -0.15) is 0 Å². The lowest BCUT2D eigenvalue weighted by atomic mass is 9.60. The van der Waals surface area contributed by atoms with Gasteiger partial charge >= 0.3 is 0 Å². The van der Waals surface area contributed by atoms with Crippen LogP contribution in [-0.2, 0) is 11.3 Å². The summed E-state index contributed by atoms with van der Waals surface area (Å²) in [5.41, 5.74) is 4.46. The Morgan fingerprint density at radius 3 is 2.70 bits per heavy atom. The fourth-order valence-electron chi connectivity index (χ4n) is 4.48. The minimum Gasteiger partial charge on any atom is -0.355 e. The number of alkyl halides is 2. The predicted molar refractivity (Wildman–Crippen MR) is 100.0 cm³/mol. The molecule has 4 aliphatic rings. The SMILES string of the molecule is CNN(C1CC2(C1)CN(C1=NC(C(F)F)=NC3C(Cl)=CC(C)=C13)C2)S(=O)O. The molecule has 2 aliphatic carbocycles. The minimum absolute atomic E-state index is 0.0224. The number of amidine groups is 2. The normalized spacial score (nSPS) is 28.1. The summed E-state index contributed by atoms with van der Waals surface area (Å²) >= 11 is 4.13. The highest BCUT2D eigenvalue weighted by Crippen LogP contribution is 2.51. The lowest BCUT2D eigenvalue weighted by Gasteiger charge is -2.61. The molecule has 27 heavy (non-hydrogen) atoms. The van der Waals surface area contributed by atoms with Crippen LogP contribution in [-0.4, -0.2) is 68.4 Å². The molecule has 2 unspecified atom stereocenters. The Balaban J connectivity index is 1.49. The molecule has 1 spiro atoms. The van der Waals surface area contributed by atoms with Crippen LogP contribution < -0.4 is 5.43 Å². The molecule has 2 atom stereocenters. The lowest BCUT2D eigenvalue weighted by molar-refractivity contribution is -0.0688. The Kier molecular flexibility index (Phi) is 4.75. The standard InChI is InChI=1S/C16H20ClF2N5O2S/c1-8-3-10(17)12-11(8)15(22-14(21-12)13(18)19)23-6-16(7-23)4-9(5-16)24(20-2)27(25)26/h3,9,12-13,20H,4-7H2,1-2H3,(H,25,26). The Morgan fingerprint density at radius 2 is 2.15 bits per heavy atom. The molecule has 1 saturated heterocycles. The molecule has 2 heterocycles. The molecule has 11 heteroatoms. The maximum atomic E-state index is 13.2. The number of halogens is 3. The second-order valence-corrected chi connectivity index (χ2v) is 8.74. The number of aliphatic imine (C=N–C) groups is 2. The van der Waals surface area contributed by atoms with Crippen molar-refractivity contribution in [1.29, 1.82) is 0 Å². The van der Waals surface area contributed by atoms with Crippen molar-refractivity contribution < 1.29 is 17.5 Å². The fraction of sp³-hybridized carbons (Fsp3) is 0.625. The number of allylic oxidation sites excluding steroid dienone is 2. The highest BCUT2D eigenvalue weighted by molar-refractivity contribution is 7.76. The van der Waals surface area contributed by atoms with E-state index in [9.17, 15) is 17.5 Å². The average molecular weight is 420 g/mol. The van der Waals surface area contributed by atoms with E-state index < -0.39 is 29.6 Å². The summed E-state index contributed by atoms with van der Waals surface area (Å²) in [5.74, 6) is 0.0458. The quantitative estimate of drug-likeness (QED) is 0.539. The smallest absolute Gasteiger partial charge is 0.297 e. The predicted octanol–water partition coefficient (Wildman–Crippen LogP) is 1.92. The van der Waals surface area contributed by atoms with Crippen molar-refractivity contribution in [3.8, 4) is 0 Å². The molecule has 4 rings (SSSR count). The third kappa shape index (κ3) is 3.07. The van der Waals surface area contributed by atoms with Crippen molar-refractivity contribution in [3.05, 3.63) is 22.3 Å². The Labute approximate surface area is 163 Å². The molecule has 0 bridgehead atoms. The first-order valence-corrected chi connectivity index (χ1v) is 10.0. The number of hydrogen-bond donors (Lipinski definition) is 2. The molecule has 0 aromatic rings. The molecule has 0 radical (unpaired) electrons. The van der Waals surface area contributed by atoms with Crippen LogP contribution in [0.5, 0.6) is 0 Å². The van der Waals surface area contributed by atoms with Crippen LogP contribution in [0.15, 0.2) is 32.2 Å². The summed E-state index contributed by atoms with van der Waals surface area (Å²) in [7, 11) is 1.61. The third-order valence-corrected chi connectivity index (χ3v) is 6.77. The number of hydrazine groups is 1. The van der Waals surface area contributed by atoms with Crippen LogP contribution in [0.4, 0.5) is 8.78 Å². The third-order valence-electron chi connectivity index (χ3n) is 5.64. The summed E-state index contributed by atoms with van der Waals surface area (Å²) in [4.78, 5) is 10.1. The van der Waals surface area contributed by atoms with Crippen LogP contribution in [0.3, 0.4) is 0 Å². The van der Waals surface area contributed by atoms with Crippen molar-refractivity contribution in [2.45, 2.75) is 38.3 Å². The van der Waals surface area contributed by atoms with Crippen molar-refractivity contribution in [3.63, 3.8) is 0 Å². The van der Waals surface area contributed by atoms with Gasteiger partial charge in [0.25, 0.3) is 6.43 Å². The van der Waals surface area contributed by atoms with E-state index in [1.165, 1.54) is 4.41 Å². The number of rotatable bonds is 4. The first kappa shape index (κ1) is 19.1. The summed E-state index contributed by atoms with van der Waals surface area (Å²) < 4.78 is 48.4. The van der Waals surface area contributed by atoms with Crippen LogP contribution >= 0.6 is 11.6 Å². The summed E-state index contributed by atoms with van der Waals surface area (Å²) in [6.45, 7) is 3.23. The van der Waals surface area contributed by atoms with Crippen LogP contribution in [0, 0.1) is 5.41 Å². The lowest BCUT2D eigenvalue weighted by Crippen LogP contribution is -2.69. The molecular formula is C16H20ClF2N5O2S. The number of fused-ring (bicyclic) bond motifs is 1. The van der Waals surface area contributed by atoms with Gasteiger partial charge in [0.1, 0.15) is 11.9 Å². The molecule has 2 N–H and O–H groups in total. The number of likely N-dealkylation sites (tertiary alicyclic amines) is 1. The van der Waals surface area contributed by atoms with Gasteiger partial charge in [0.2, 0.25) is 11.3 Å².